The molecule has 0 saturated carbocycles. The maximum atomic E-state index is 9.55. The lowest BCUT2D eigenvalue weighted by molar-refractivity contribution is 0.473. The summed E-state index contributed by atoms with van der Waals surface area (Å²) in [5.41, 5.74) is 8.49. The van der Waals surface area contributed by atoms with Crippen molar-refractivity contribution >= 4 is 6.08 Å². The molecule has 70 valence electrons. The monoisotopic (exact) mass is 177 g/mol. The highest BCUT2D eigenvalue weighted by molar-refractivity contribution is 5.62. The molecule has 0 unspecified atom stereocenters. The van der Waals surface area contributed by atoms with Gasteiger partial charge in [-0.3, -0.25) is 0 Å². The molecule has 0 heterocycles. The molecule has 0 aliphatic rings. The zero-order chi connectivity index (χ0) is 9.84. The van der Waals surface area contributed by atoms with Crippen molar-refractivity contribution in [3.63, 3.8) is 0 Å². The number of rotatable bonds is 2. The van der Waals surface area contributed by atoms with Crippen LogP contribution in [0.3, 0.4) is 0 Å². The van der Waals surface area contributed by atoms with E-state index < -0.39 is 0 Å². The molecule has 0 saturated heterocycles. The average Bonchev–Trinajstić information content (AvgIpc) is 2.12. The largest absolute Gasteiger partial charge is 0.507 e. The number of benzene rings is 1. The Labute approximate surface area is 78.7 Å². The van der Waals surface area contributed by atoms with E-state index in [-0.39, 0.29) is 0 Å². The molecule has 0 spiro atoms. The summed E-state index contributed by atoms with van der Waals surface area (Å²) in [7, 11) is 0. The van der Waals surface area contributed by atoms with E-state index in [4.69, 9.17) is 5.73 Å². The van der Waals surface area contributed by atoms with Crippen molar-refractivity contribution in [2.75, 3.05) is 6.54 Å². The van der Waals surface area contributed by atoms with Gasteiger partial charge >= 0.3 is 0 Å². The molecule has 1 aromatic rings. The fourth-order valence-electron chi connectivity index (χ4n) is 1.22. The van der Waals surface area contributed by atoms with Crippen LogP contribution in [0.5, 0.6) is 5.75 Å². The minimum atomic E-state index is 0.313. The minimum Gasteiger partial charge on any atom is -0.507 e. The van der Waals surface area contributed by atoms with E-state index >= 15 is 0 Å². The van der Waals surface area contributed by atoms with Crippen molar-refractivity contribution in [1.29, 1.82) is 0 Å². The molecule has 0 radical (unpaired) electrons. The Morgan fingerprint density at radius 3 is 2.69 bits per heavy atom. The van der Waals surface area contributed by atoms with Crippen LogP contribution in [0.25, 0.3) is 6.08 Å². The maximum Gasteiger partial charge on any atom is 0.123 e. The Kier molecular flexibility index (Phi) is 3.09. The van der Waals surface area contributed by atoms with Crippen molar-refractivity contribution in [1.82, 2.24) is 0 Å². The number of nitrogens with two attached hydrogens (primary N) is 1. The van der Waals surface area contributed by atoms with Gasteiger partial charge in [-0.1, -0.05) is 18.2 Å². The van der Waals surface area contributed by atoms with Gasteiger partial charge in [0.25, 0.3) is 0 Å². The molecule has 1 rings (SSSR count). The van der Waals surface area contributed by atoms with Crippen LogP contribution in [0, 0.1) is 13.8 Å². The molecule has 3 N–H and O–H groups in total. The van der Waals surface area contributed by atoms with E-state index in [0.29, 0.717) is 12.3 Å². The lowest BCUT2D eigenvalue weighted by Gasteiger charge is -2.06. The van der Waals surface area contributed by atoms with Gasteiger partial charge in [-0.15, -0.1) is 0 Å². The second kappa shape index (κ2) is 4.10. The van der Waals surface area contributed by atoms with Gasteiger partial charge in [-0.2, -0.15) is 0 Å². The van der Waals surface area contributed by atoms with E-state index in [2.05, 4.69) is 0 Å². The van der Waals surface area contributed by atoms with Crippen molar-refractivity contribution in [2.45, 2.75) is 13.8 Å². The van der Waals surface area contributed by atoms with Crippen LogP contribution in [0.2, 0.25) is 0 Å². The highest BCUT2D eigenvalue weighted by Gasteiger charge is 2.02. The lowest BCUT2D eigenvalue weighted by Crippen LogP contribution is -1.93. The fraction of sp³-hybridized carbons (Fsp3) is 0.273. The molecule has 1 aromatic carbocycles. The van der Waals surface area contributed by atoms with E-state index in [1.807, 2.05) is 32.1 Å². The van der Waals surface area contributed by atoms with Crippen molar-refractivity contribution in [3.05, 3.63) is 34.9 Å². The third kappa shape index (κ3) is 2.10. The molecule has 0 aliphatic carbocycles. The van der Waals surface area contributed by atoms with Gasteiger partial charge in [0.2, 0.25) is 0 Å². The summed E-state index contributed by atoms with van der Waals surface area (Å²) in [6, 6.07) is 3.61. The van der Waals surface area contributed by atoms with Crippen LogP contribution in [0.1, 0.15) is 16.7 Å². The summed E-state index contributed by atoms with van der Waals surface area (Å²) in [6.07, 6.45) is 3.69. The Hall–Kier alpha value is -1.28. The summed E-state index contributed by atoms with van der Waals surface area (Å²) in [4.78, 5) is 0. The topological polar surface area (TPSA) is 46.2 Å². The number of aryl methyl sites for hydroxylation is 1. The van der Waals surface area contributed by atoms with E-state index in [1.54, 1.807) is 6.07 Å². The summed E-state index contributed by atoms with van der Waals surface area (Å²) in [5.74, 6) is 0.313. The number of hydrogen-bond donors (Lipinski definition) is 2. The predicted octanol–water partition coefficient (Wildman–Crippen LogP) is 1.98. The molecule has 0 amide bonds. The summed E-state index contributed by atoms with van der Waals surface area (Å²) < 4.78 is 0. The standard InChI is InChI=1S/C11H15NO/c1-8-5-6-11(13)10(9(8)2)4-3-7-12/h3-6,13H,7,12H2,1-2H3/b4-3+. The Morgan fingerprint density at radius 1 is 1.38 bits per heavy atom. The molecular weight excluding hydrogens is 162 g/mol. The zero-order valence-electron chi connectivity index (χ0n) is 8.04. The molecule has 0 aromatic heterocycles. The van der Waals surface area contributed by atoms with Crippen LogP contribution >= 0.6 is 0 Å². The number of hydrogen-bond acceptors (Lipinski definition) is 2. The quantitative estimate of drug-likeness (QED) is 0.725. The van der Waals surface area contributed by atoms with Gasteiger partial charge in [0, 0.05) is 12.1 Å². The first kappa shape index (κ1) is 9.81. The molecule has 2 heteroatoms. The normalized spacial score (nSPS) is 11.0. The molecule has 2 nitrogen and oxygen atoms in total. The van der Waals surface area contributed by atoms with Gasteiger partial charge in [0.15, 0.2) is 0 Å². The second-order valence-corrected chi connectivity index (χ2v) is 3.08. The second-order valence-electron chi connectivity index (χ2n) is 3.08. The van der Waals surface area contributed by atoms with Crippen LogP contribution < -0.4 is 5.73 Å². The first-order valence-corrected chi connectivity index (χ1v) is 4.32. The Morgan fingerprint density at radius 2 is 2.08 bits per heavy atom. The van der Waals surface area contributed by atoms with Crippen molar-refractivity contribution in [3.8, 4) is 5.75 Å². The molecule has 0 fully saturated rings. The first-order chi connectivity index (χ1) is 6.16. The summed E-state index contributed by atoms with van der Waals surface area (Å²) in [5, 5.41) is 9.55. The highest BCUT2D eigenvalue weighted by atomic mass is 16.3. The highest BCUT2D eigenvalue weighted by Crippen LogP contribution is 2.24. The average molecular weight is 177 g/mol. The Balaban J connectivity index is 3.17. The lowest BCUT2D eigenvalue weighted by atomic mass is 10.0. The number of phenolic OH excluding ortho intramolecular Hbond substituents is 1. The smallest absolute Gasteiger partial charge is 0.123 e. The SMILES string of the molecule is Cc1ccc(O)c(/C=C/CN)c1C. The van der Waals surface area contributed by atoms with Crippen LogP contribution in [0.4, 0.5) is 0 Å². The molecule has 0 aliphatic heterocycles. The molecule has 13 heavy (non-hydrogen) atoms. The Bertz CT molecular complexity index is 329. The summed E-state index contributed by atoms with van der Waals surface area (Å²) in [6.45, 7) is 4.51. The van der Waals surface area contributed by atoms with Crippen molar-refractivity contribution < 1.29 is 5.11 Å². The third-order valence-electron chi connectivity index (χ3n) is 2.18. The third-order valence-corrected chi connectivity index (χ3v) is 2.18. The predicted molar refractivity (Wildman–Crippen MR) is 55.7 cm³/mol. The molecular formula is C11H15NO. The molecule has 0 atom stereocenters. The summed E-state index contributed by atoms with van der Waals surface area (Å²) >= 11 is 0. The zero-order valence-corrected chi connectivity index (χ0v) is 8.04. The van der Waals surface area contributed by atoms with Gasteiger partial charge in [0.05, 0.1) is 0 Å². The first-order valence-electron chi connectivity index (χ1n) is 4.32. The molecule has 0 bridgehead atoms. The maximum absolute atomic E-state index is 9.55. The van der Waals surface area contributed by atoms with E-state index in [0.717, 1.165) is 11.1 Å². The van der Waals surface area contributed by atoms with E-state index in [9.17, 15) is 5.11 Å². The van der Waals surface area contributed by atoms with Gasteiger partial charge < -0.3 is 10.8 Å². The van der Waals surface area contributed by atoms with E-state index in [1.165, 1.54) is 5.56 Å². The van der Waals surface area contributed by atoms with Gasteiger partial charge in [-0.05, 0) is 31.0 Å². The minimum absolute atomic E-state index is 0.313. The fourth-order valence-corrected chi connectivity index (χ4v) is 1.22. The van der Waals surface area contributed by atoms with Gasteiger partial charge in [-0.25, -0.2) is 0 Å². The number of phenols is 1. The van der Waals surface area contributed by atoms with Crippen LogP contribution in [-0.2, 0) is 0 Å². The van der Waals surface area contributed by atoms with Crippen LogP contribution in [0.15, 0.2) is 18.2 Å². The van der Waals surface area contributed by atoms with Gasteiger partial charge in [0.1, 0.15) is 5.75 Å². The number of aromatic hydroxyl groups is 1. The van der Waals surface area contributed by atoms with Crippen molar-refractivity contribution in [2.24, 2.45) is 5.73 Å². The van der Waals surface area contributed by atoms with Crippen LogP contribution in [-0.4, -0.2) is 11.7 Å².